The minimum absolute atomic E-state index is 0.148. The summed E-state index contributed by atoms with van der Waals surface area (Å²) in [6.07, 6.45) is 0. The molecule has 0 fully saturated rings. The number of anilines is 2. The highest BCUT2D eigenvalue weighted by Crippen LogP contribution is 2.45. The first-order chi connectivity index (χ1) is 17.1. The van der Waals surface area contributed by atoms with Crippen LogP contribution < -0.4 is 15.0 Å². The van der Waals surface area contributed by atoms with Gasteiger partial charge in [0.1, 0.15) is 11.6 Å². The number of fused-ring (bicyclic) bond motifs is 1. The summed E-state index contributed by atoms with van der Waals surface area (Å²) < 4.78 is 5.34. The third-order valence-electron chi connectivity index (χ3n) is 6.25. The Bertz CT molecular complexity index is 1370. The van der Waals surface area contributed by atoms with Gasteiger partial charge < -0.3 is 10.1 Å². The Balaban J connectivity index is 1.68. The lowest BCUT2D eigenvalue weighted by atomic mass is 9.78. The van der Waals surface area contributed by atoms with Crippen molar-refractivity contribution in [2.45, 2.75) is 18.9 Å². The third kappa shape index (κ3) is 4.26. The molecule has 1 aromatic heterocycles. The van der Waals surface area contributed by atoms with E-state index in [9.17, 15) is 9.59 Å². The normalized spacial score (nSPS) is 17.0. The summed E-state index contributed by atoms with van der Waals surface area (Å²) in [5, 5.41) is 2.99. The highest BCUT2D eigenvalue weighted by Gasteiger charge is 2.44. The van der Waals surface area contributed by atoms with Crippen LogP contribution in [0.5, 0.6) is 5.75 Å². The number of para-hydroxylation sites is 1. The number of methoxy groups -OCH3 is 1. The molecule has 1 aliphatic heterocycles. The van der Waals surface area contributed by atoms with E-state index in [-0.39, 0.29) is 11.8 Å². The molecule has 4 aromatic rings. The summed E-state index contributed by atoms with van der Waals surface area (Å²) in [4.78, 5) is 33.9. The minimum Gasteiger partial charge on any atom is -0.497 e. The Morgan fingerprint density at radius 3 is 2.31 bits per heavy atom. The second-order valence-corrected chi connectivity index (χ2v) is 8.45. The molecule has 0 saturated carbocycles. The third-order valence-corrected chi connectivity index (χ3v) is 6.25. The maximum atomic E-state index is 13.9. The molecule has 6 nitrogen and oxygen atoms in total. The lowest BCUT2D eigenvalue weighted by molar-refractivity contribution is -0.118. The Hall–Kier alpha value is -4.45. The first-order valence-electron chi connectivity index (χ1n) is 11.4. The number of aromatic nitrogens is 1. The zero-order valence-corrected chi connectivity index (χ0v) is 19.5. The Morgan fingerprint density at radius 2 is 1.60 bits per heavy atom. The second kappa shape index (κ2) is 9.43. The van der Waals surface area contributed by atoms with E-state index in [1.807, 2.05) is 91.9 Å². The number of hydrogen-bond donors (Lipinski definition) is 1. The summed E-state index contributed by atoms with van der Waals surface area (Å²) in [6.45, 7) is 1.88. The van der Waals surface area contributed by atoms with Crippen LogP contribution >= 0.6 is 0 Å². The highest BCUT2D eigenvalue weighted by atomic mass is 16.5. The Labute approximate surface area is 204 Å². The van der Waals surface area contributed by atoms with Crippen molar-refractivity contribution in [2.24, 2.45) is 0 Å². The quantitative estimate of drug-likeness (QED) is 0.423. The van der Waals surface area contributed by atoms with E-state index in [1.54, 1.807) is 24.1 Å². The standard InChI is InChI=1S/C29H25N3O3/c1-19-9-8-14-25(30-19)31-28(33)26-23-12-6-7-13-24(23)29(34)32(21-10-4-3-5-11-21)27(26)20-15-17-22(35-2)18-16-20/h3-18,26-27H,1-2H3,(H,30,31,33). The maximum absolute atomic E-state index is 13.9. The van der Waals surface area contributed by atoms with E-state index < -0.39 is 12.0 Å². The van der Waals surface area contributed by atoms with Gasteiger partial charge in [0.2, 0.25) is 5.91 Å². The number of rotatable bonds is 5. The van der Waals surface area contributed by atoms with Crippen molar-refractivity contribution in [3.05, 3.63) is 119 Å². The second-order valence-electron chi connectivity index (χ2n) is 8.45. The monoisotopic (exact) mass is 463 g/mol. The van der Waals surface area contributed by atoms with Gasteiger partial charge in [-0.3, -0.25) is 14.5 Å². The lowest BCUT2D eigenvalue weighted by Crippen LogP contribution is -2.46. The summed E-state index contributed by atoms with van der Waals surface area (Å²) in [6, 6.07) is 29.2. The van der Waals surface area contributed by atoms with Crippen LogP contribution in [0, 0.1) is 6.92 Å². The van der Waals surface area contributed by atoms with Crippen molar-refractivity contribution < 1.29 is 14.3 Å². The number of aryl methyl sites for hydroxylation is 1. The maximum Gasteiger partial charge on any atom is 0.259 e. The molecular weight excluding hydrogens is 438 g/mol. The van der Waals surface area contributed by atoms with Crippen molar-refractivity contribution in [1.29, 1.82) is 0 Å². The van der Waals surface area contributed by atoms with Crippen LogP contribution in [0.4, 0.5) is 11.5 Å². The zero-order valence-electron chi connectivity index (χ0n) is 19.5. The van der Waals surface area contributed by atoms with E-state index in [0.29, 0.717) is 22.7 Å². The molecule has 0 spiro atoms. The van der Waals surface area contributed by atoms with Crippen LogP contribution in [0.3, 0.4) is 0 Å². The fraction of sp³-hybridized carbons (Fsp3) is 0.138. The zero-order chi connectivity index (χ0) is 24.4. The predicted octanol–water partition coefficient (Wildman–Crippen LogP) is 5.52. The van der Waals surface area contributed by atoms with Crippen LogP contribution in [0.2, 0.25) is 0 Å². The number of carbonyl (C=O) groups is 2. The Kier molecular flexibility index (Phi) is 6.02. The Morgan fingerprint density at radius 1 is 0.886 bits per heavy atom. The van der Waals surface area contributed by atoms with Crippen molar-refractivity contribution >= 4 is 23.3 Å². The molecule has 2 atom stereocenters. The number of ether oxygens (including phenoxy) is 1. The minimum atomic E-state index is -0.667. The molecule has 6 heteroatoms. The number of carbonyl (C=O) groups excluding carboxylic acids is 2. The van der Waals surface area contributed by atoms with E-state index in [2.05, 4.69) is 10.3 Å². The average molecular weight is 464 g/mol. The first kappa shape index (κ1) is 22.3. The largest absolute Gasteiger partial charge is 0.497 e. The van der Waals surface area contributed by atoms with Gasteiger partial charge in [-0.2, -0.15) is 0 Å². The fourth-order valence-electron chi connectivity index (χ4n) is 4.65. The highest BCUT2D eigenvalue weighted by molar-refractivity contribution is 6.12. The molecule has 0 saturated heterocycles. The van der Waals surface area contributed by atoms with Crippen LogP contribution in [0.25, 0.3) is 0 Å². The molecule has 2 amide bonds. The molecule has 35 heavy (non-hydrogen) atoms. The smallest absolute Gasteiger partial charge is 0.259 e. The van der Waals surface area contributed by atoms with Gasteiger partial charge in [0.05, 0.1) is 19.1 Å². The fourth-order valence-corrected chi connectivity index (χ4v) is 4.65. The molecule has 5 rings (SSSR count). The average Bonchev–Trinajstić information content (AvgIpc) is 2.89. The SMILES string of the molecule is COc1ccc(C2C(C(=O)Nc3cccc(C)n3)c3ccccc3C(=O)N2c2ccccc2)cc1. The molecule has 1 N–H and O–H groups in total. The predicted molar refractivity (Wildman–Crippen MR) is 136 cm³/mol. The molecule has 2 unspecified atom stereocenters. The van der Waals surface area contributed by atoms with Crippen LogP contribution in [0.1, 0.15) is 39.1 Å². The summed E-state index contributed by atoms with van der Waals surface area (Å²) >= 11 is 0. The topological polar surface area (TPSA) is 71.5 Å². The number of benzene rings is 3. The van der Waals surface area contributed by atoms with E-state index in [0.717, 1.165) is 16.9 Å². The molecule has 0 radical (unpaired) electrons. The summed E-state index contributed by atoms with van der Waals surface area (Å²) in [7, 11) is 1.61. The molecule has 3 aromatic carbocycles. The van der Waals surface area contributed by atoms with Crippen LogP contribution in [-0.2, 0) is 4.79 Å². The molecule has 174 valence electrons. The van der Waals surface area contributed by atoms with Gasteiger partial charge in [-0.25, -0.2) is 4.98 Å². The molecule has 0 aliphatic carbocycles. The molecular formula is C29H25N3O3. The number of amides is 2. The van der Waals surface area contributed by atoms with Crippen LogP contribution in [-0.4, -0.2) is 23.9 Å². The summed E-state index contributed by atoms with van der Waals surface area (Å²) in [5.41, 5.74) is 3.56. The van der Waals surface area contributed by atoms with E-state index in [4.69, 9.17) is 4.74 Å². The van der Waals surface area contributed by atoms with E-state index >= 15 is 0 Å². The van der Waals surface area contributed by atoms with Gasteiger partial charge in [0.25, 0.3) is 5.91 Å². The van der Waals surface area contributed by atoms with Gasteiger partial charge in [-0.1, -0.05) is 54.6 Å². The van der Waals surface area contributed by atoms with Gasteiger partial charge in [-0.15, -0.1) is 0 Å². The van der Waals surface area contributed by atoms with Crippen molar-refractivity contribution in [1.82, 2.24) is 4.98 Å². The van der Waals surface area contributed by atoms with Crippen molar-refractivity contribution in [3.8, 4) is 5.75 Å². The van der Waals surface area contributed by atoms with Gasteiger partial charge in [0, 0.05) is 16.9 Å². The van der Waals surface area contributed by atoms with Gasteiger partial charge in [-0.05, 0) is 60.5 Å². The lowest BCUT2D eigenvalue weighted by Gasteiger charge is -2.41. The van der Waals surface area contributed by atoms with Crippen molar-refractivity contribution in [2.75, 3.05) is 17.3 Å². The van der Waals surface area contributed by atoms with Crippen LogP contribution in [0.15, 0.2) is 97.1 Å². The number of nitrogens with zero attached hydrogens (tertiary/aromatic N) is 2. The molecule has 0 bridgehead atoms. The number of hydrogen-bond acceptors (Lipinski definition) is 4. The van der Waals surface area contributed by atoms with Gasteiger partial charge >= 0.3 is 0 Å². The van der Waals surface area contributed by atoms with E-state index in [1.165, 1.54) is 0 Å². The van der Waals surface area contributed by atoms with Crippen molar-refractivity contribution in [3.63, 3.8) is 0 Å². The summed E-state index contributed by atoms with van der Waals surface area (Å²) in [5.74, 6) is 0.131. The first-order valence-corrected chi connectivity index (χ1v) is 11.4. The van der Waals surface area contributed by atoms with Gasteiger partial charge in [0.15, 0.2) is 0 Å². The molecule has 2 heterocycles. The number of pyridine rings is 1. The molecule has 1 aliphatic rings. The number of nitrogens with one attached hydrogen (secondary N) is 1.